The van der Waals surface area contributed by atoms with Gasteiger partial charge in [-0.3, -0.25) is 4.79 Å². The summed E-state index contributed by atoms with van der Waals surface area (Å²) < 4.78 is 0. The Morgan fingerprint density at radius 3 is 2.36 bits per heavy atom. The van der Waals surface area contributed by atoms with Crippen molar-refractivity contribution in [1.82, 2.24) is 4.90 Å². The number of carbonyl (C=O) groups excluding carboxylic acids is 1. The number of amides is 1. The van der Waals surface area contributed by atoms with E-state index in [0.717, 1.165) is 25.4 Å². The van der Waals surface area contributed by atoms with Crippen molar-refractivity contribution in [3.05, 3.63) is 0 Å². The van der Waals surface area contributed by atoms with Crippen molar-refractivity contribution in [1.29, 1.82) is 0 Å². The van der Waals surface area contributed by atoms with Crippen molar-refractivity contribution in [3.8, 4) is 0 Å². The van der Waals surface area contributed by atoms with Gasteiger partial charge in [-0.25, -0.2) is 0 Å². The minimum Gasteiger partial charge on any atom is -0.342 e. The molecule has 1 aliphatic heterocycles. The Balaban J connectivity index is 2.37. The number of nitrogens with zero attached hydrogens (tertiary/aromatic N) is 1. The molecule has 1 fully saturated rings. The lowest BCUT2D eigenvalue weighted by atomic mass is 9.93. The quantitative estimate of drug-likeness (QED) is 0.681. The van der Waals surface area contributed by atoms with E-state index in [0.29, 0.717) is 5.91 Å². The Hall–Kier alpha value is -0.530. The van der Waals surface area contributed by atoms with E-state index in [1.54, 1.807) is 0 Å². The minimum absolute atomic E-state index is 0.216. The summed E-state index contributed by atoms with van der Waals surface area (Å²) in [4.78, 5) is 13.9. The first kappa shape index (κ1) is 11.5. The monoisotopic (exact) mass is 197 g/mol. The van der Waals surface area contributed by atoms with Gasteiger partial charge in [0.1, 0.15) is 0 Å². The van der Waals surface area contributed by atoms with E-state index in [1.807, 2.05) is 6.92 Å². The lowest BCUT2D eigenvalue weighted by molar-refractivity contribution is -0.136. The van der Waals surface area contributed by atoms with Gasteiger partial charge in [0, 0.05) is 19.0 Å². The highest BCUT2D eigenvalue weighted by atomic mass is 16.2. The van der Waals surface area contributed by atoms with Gasteiger partial charge in [-0.15, -0.1) is 0 Å². The largest absolute Gasteiger partial charge is 0.342 e. The fraction of sp³-hybridized carbons (Fsp3) is 0.917. The zero-order valence-electron chi connectivity index (χ0n) is 9.75. The molecule has 0 aromatic heterocycles. The summed E-state index contributed by atoms with van der Waals surface area (Å²) in [6.07, 6.45) is 4.65. The van der Waals surface area contributed by atoms with Gasteiger partial charge >= 0.3 is 0 Å². The van der Waals surface area contributed by atoms with Crippen LogP contribution in [0.4, 0.5) is 0 Å². The average Bonchev–Trinajstić information content (AvgIpc) is 2.27. The van der Waals surface area contributed by atoms with E-state index in [4.69, 9.17) is 0 Å². The number of likely N-dealkylation sites (tertiary alicyclic amines) is 1. The van der Waals surface area contributed by atoms with Gasteiger partial charge in [0.25, 0.3) is 0 Å². The number of carbonyl (C=O) groups is 1. The third-order valence-electron chi connectivity index (χ3n) is 3.54. The molecule has 0 aliphatic carbocycles. The van der Waals surface area contributed by atoms with E-state index >= 15 is 0 Å². The first-order valence-electron chi connectivity index (χ1n) is 5.97. The third-order valence-corrected chi connectivity index (χ3v) is 3.54. The smallest absolute Gasteiger partial charge is 0.225 e. The van der Waals surface area contributed by atoms with Crippen LogP contribution in [0.25, 0.3) is 0 Å². The Kier molecular flexibility index (Phi) is 4.43. The maximum absolute atomic E-state index is 11.9. The average molecular weight is 197 g/mol. The Morgan fingerprint density at radius 1 is 1.36 bits per heavy atom. The molecule has 2 heteroatoms. The Morgan fingerprint density at radius 2 is 1.93 bits per heavy atom. The molecule has 0 N–H and O–H groups in total. The molecule has 1 unspecified atom stereocenters. The molecule has 1 saturated heterocycles. The molecule has 0 bridgehead atoms. The standard InChI is InChI=1S/C12H23NO/c1-4-10(3)12(14)13-8-6-11(5-2)7-9-13/h10-11H,4-9H2,1-3H3. The van der Waals surface area contributed by atoms with Crippen LogP contribution < -0.4 is 0 Å². The van der Waals surface area contributed by atoms with E-state index in [-0.39, 0.29) is 5.92 Å². The topological polar surface area (TPSA) is 20.3 Å². The molecule has 1 amide bonds. The molecule has 2 nitrogen and oxygen atoms in total. The zero-order chi connectivity index (χ0) is 10.6. The molecule has 82 valence electrons. The molecule has 0 aromatic rings. The van der Waals surface area contributed by atoms with Crippen LogP contribution in [-0.4, -0.2) is 23.9 Å². The van der Waals surface area contributed by atoms with Crippen molar-refractivity contribution >= 4 is 5.91 Å². The maximum Gasteiger partial charge on any atom is 0.225 e. The van der Waals surface area contributed by atoms with Crippen LogP contribution in [0.15, 0.2) is 0 Å². The normalized spacial score (nSPS) is 20.9. The van der Waals surface area contributed by atoms with E-state index < -0.39 is 0 Å². The van der Waals surface area contributed by atoms with Crippen molar-refractivity contribution < 1.29 is 4.79 Å². The Labute approximate surface area is 87.7 Å². The summed E-state index contributed by atoms with van der Waals surface area (Å²) in [6, 6.07) is 0. The van der Waals surface area contributed by atoms with Crippen molar-refractivity contribution in [3.63, 3.8) is 0 Å². The van der Waals surface area contributed by atoms with Crippen LogP contribution in [0.5, 0.6) is 0 Å². The number of hydrogen-bond acceptors (Lipinski definition) is 1. The van der Waals surface area contributed by atoms with Crippen LogP contribution in [-0.2, 0) is 4.79 Å². The molecule has 1 heterocycles. The van der Waals surface area contributed by atoms with Gasteiger partial charge < -0.3 is 4.90 Å². The van der Waals surface area contributed by atoms with Crippen molar-refractivity contribution in [2.45, 2.75) is 46.5 Å². The van der Waals surface area contributed by atoms with Gasteiger partial charge in [0.15, 0.2) is 0 Å². The fourth-order valence-electron chi connectivity index (χ4n) is 2.05. The second-order valence-corrected chi connectivity index (χ2v) is 4.49. The molecule has 0 radical (unpaired) electrons. The van der Waals surface area contributed by atoms with E-state index in [1.165, 1.54) is 19.3 Å². The van der Waals surface area contributed by atoms with E-state index in [9.17, 15) is 4.79 Å². The highest BCUT2D eigenvalue weighted by Gasteiger charge is 2.24. The van der Waals surface area contributed by atoms with Crippen LogP contribution in [0, 0.1) is 11.8 Å². The second kappa shape index (κ2) is 5.38. The van der Waals surface area contributed by atoms with Gasteiger partial charge in [-0.05, 0) is 25.2 Å². The molecule has 1 atom stereocenters. The lowest BCUT2D eigenvalue weighted by Gasteiger charge is -2.33. The predicted molar refractivity (Wildman–Crippen MR) is 59.1 cm³/mol. The summed E-state index contributed by atoms with van der Waals surface area (Å²) in [5, 5.41) is 0. The highest BCUT2D eigenvalue weighted by Crippen LogP contribution is 2.21. The second-order valence-electron chi connectivity index (χ2n) is 4.49. The van der Waals surface area contributed by atoms with Crippen LogP contribution in [0.2, 0.25) is 0 Å². The molecule has 1 aliphatic rings. The summed E-state index contributed by atoms with van der Waals surface area (Å²) >= 11 is 0. The van der Waals surface area contributed by atoms with Gasteiger partial charge in [0.2, 0.25) is 5.91 Å². The first-order chi connectivity index (χ1) is 6.69. The minimum atomic E-state index is 0.216. The van der Waals surface area contributed by atoms with Crippen molar-refractivity contribution in [2.75, 3.05) is 13.1 Å². The molecular weight excluding hydrogens is 174 g/mol. The molecule has 0 aromatic carbocycles. The fourth-order valence-corrected chi connectivity index (χ4v) is 2.05. The molecule has 1 rings (SSSR count). The van der Waals surface area contributed by atoms with Gasteiger partial charge in [0.05, 0.1) is 0 Å². The van der Waals surface area contributed by atoms with Crippen LogP contribution >= 0.6 is 0 Å². The molecule has 14 heavy (non-hydrogen) atoms. The van der Waals surface area contributed by atoms with E-state index in [2.05, 4.69) is 18.7 Å². The van der Waals surface area contributed by atoms with Crippen LogP contribution in [0.3, 0.4) is 0 Å². The maximum atomic E-state index is 11.9. The number of rotatable bonds is 3. The summed E-state index contributed by atoms with van der Waals surface area (Å²) in [5.74, 6) is 1.44. The Bertz CT molecular complexity index is 183. The summed E-state index contributed by atoms with van der Waals surface area (Å²) in [5.41, 5.74) is 0. The molecular formula is C12H23NO. The SMILES string of the molecule is CCC1CCN(C(=O)C(C)CC)CC1. The summed E-state index contributed by atoms with van der Waals surface area (Å²) in [7, 11) is 0. The highest BCUT2D eigenvalue weighted by molar-refractivity contribution is 5.78. The van der Waals surface area contributed by atoms with Gasteiger partial charge in [-0.1, -0.05) is 27.2 Å². The summed E-state index contributed by atoms with van der Waals surface area (Å²) in [6.45, 7) is 8.34. The zero-order valence-corrected chi connectivity index (χ0v) is 9.75. The number of hydrogen-bond donors (Lipinski definition) is 0. The van der Waals surface area contributed by atoms with Gasteiger partial charge in [-0.2, -0.15) is 0 Å². The number of piperidine rings is 1. The molecule has 0 saturated carbocycles. The van der Waals surface area contributed by atoms with Crippen LogP contribution in [0.1, 0.15) is 46.5 Å². The van der Waals surface area contributed by atoms with Crippen molar-refractivity contribution in [2.24, 2.45) is 11.8 Å². The first-order valence-corrected chi connectivity index (χ1v) is 5.97. The lowest BCUT2D eigenvalue weighted by Crippen LogP contribution is -2.40. The molecule has 0 spiro atoms. The predicted octanol–water partition coefficient (Wildman–Crippen LogP) is 2.68. The third kappa shape index (κ3) is 2.73.